The van der Waals surface area contributed by atoms with Crippen molar-refractivity contribution in [1.29, 1.82) is 0 Å². The molecule has 0 saturated carbocycles. The Labute approximate surface area is 101 Å². The fourth-order valence-corrected chi connectivity index (χ4v) is 1.46. The van der Waals surface area contributed by atoms with Crippen LogP contribution in [0.4, 0.5) is 8.78 Å². The maximum atomic E-state index is 12.2. The molecule has 17 heavy (non-hydrogen) atoms. The second-order valence-electron chi connectivity index (χ2n) is 4.13. The number of hydrogen-bond donors (Lipinski definition) is 1. The van der Waals surface area contributed by atoms with E-state index < -0.39 is 6.61 Å². The highest BCUT2D eigenvalue weighted by Crippen LogP contribution is 2.19. The van der Waals surface area contributed by atoms with Gasteiger partial charge in [0, 0.05) is 12.1 Å². The van der Waals surface area contributed by atoms with Gasteiger partial charge in [-0.1, -0.05) is 38.5 Å². The Morgan fingerprint density at radius 3 is 2.65 bits per heavy atom. The fourth-order valence-electron chi connectivity index (χ4n) is 1.46. The quantitative estimate of drug-likeness (QED) is 0.792. The third-order valence-electron chi connectivity index (χ3n) is 2.69. The van der Waals surface area contributed by atoms with Crippen LogP contribution in [0, 0.1) is 5.92 Å². The zero-order chi connectivity index (χ0) is 12.7. The van der Waals surface area contributed by atoms with Crippen molar-refractivity contribution >= 4 is 0 Å². The van der Waals surface area contributed by atoms with Gasteiger partial charge in [-0.15, -0.1) is 0 Å². The lowest BCUT2D eigenvalue weighted by molar-refractivity contribution is -0.0505. The molecule has 4 heteroatoms. The van der Waals surface area contributed by atoms with Gasteiger partial charge in [-0.2, -0.15) is 8.78 Å². The molecule has 1 atom stereocenters. The molecule has 0 saturated heterocycles. The van der Waals surface area contributed by atoms with Gasteiger partial charge < -0.3 is 10.1 Å². The molecule has 0 bridgehead atoms. The van der Waals surface area contributed by atoms with Gasteiger partial charge in [0.15, 0.2) is 0 Å². The highest BCUT2D eigenvalue weighted by atomic mass is 19.3. The van der Waals surface area contributed by atoms with Gasteiger partial charge in [0.05, 0.1) is 0 Å². The van der Waals surface area contributed by atoms with Gasteiger partial charge in [0.25, 0.3) is 0 Å². The van der Waals surface area contributed by atoms with Crippen LogP contribution in [0.15, 0.2) is 24.3 Å². The maximum Gasteiger partial charge on any atom is 0.387 e. The fraction of sp³-hybridized carbons (Fsp3) is 0.538. The van der Waals surface area contributed by atoms with E-state index in [1.54, 1.807) is 18.2 Å². The summed E-state index contributed by atoms with van der Waals surface area (Å²) in [4.78, 5) is 0. The smallest absolute Gasteiger partial charge is 0.387 e. The van der Waals surface area contributed by atoms with Gasteiger partial charge in [-0.3, -0.25) is 0 Å². The molecule has 1 unspecified atom stereocenters. The second kappa shape index (κ2) is 7.22. The summed E-state index contributed by atoms with van der Waals surface area (Å²) in [5, 5.41) is 3.24. The highest BCUT2D eigenvalue weighted by molar-refractivity contribution is 5.33. The molecule has 0 aliphatic heterocycles. The van der Waals surface area contributed by atoms with Gasteiger partial charge in [-0.25, -0.2) is 0 Å². The van der Waals surface area contributed by atoms with Crippen LogP contribution in [0.5, 0.6) is 5.75 Å². The molecule has 96 valence electrons. The molecule has 1 N–H and O–H groups in total. The van der Waals surface area contributed by atoms with Crippen molar-refractivity contribution in [2.75, 3.05) is 6.54 Å². The summed E-state index contributed by atoms with van der Waals surface area (Å²) in [6.07, 6.45) is 1.10. The topological polar surface area (TPSA) is 21.3 Å². The first-order chi connectivity index (χ1) is 8.13. The summed E-state index contributed by atoms with van der Waals surface area (Å²) in [6, 6.07) is 6.86. The van der Waals surface area contributed by atoms with Crippen LogP contribution < -0.4 is 10.1 Å². The maximum absolute atomic E-state index is 12.2. The summed E-state index contributed by atoms with van der Waals surface area (Å²) in [6.45, 7) is 2.92. The summed E-state index contributed by atoms with van der Waals surface area (Å²) in [5.74, 6) is 0.831. The Morgan fingerprint density at radius 2 is 2.00 bits per heavy atom. The molecule has 0 aromatic heterocycles. The van der Waals surface area contributed by atoms with Gasteiger partial charge >= 0.3 is 6.61 Å². The van der Waals surface area contributed by atoms with Crippen molar-refractivity contribution in [3.8, 4) is 5.75 Å². The number of para-hydroxylation sites is 1. The Balaban J connectivity index is 2.51. The Kier molecular flexibility index (Phi) is 5.91. The second-order valence-corrected chi connectivity index (χ2v) is 4.13. The highest BCUT2D eigenvalue weighted by Gasteiger charge is 2.08. The van der Waals surface area contributed by atoms with E-state index in [2.05, 4.69) is 23.9 Å². The molecule has 1 rings (SSSR count). The summed E-state index contributed by atoms with van der Waals surface area (Å²) >= 11 is 0. The third-order valence-corrected chi connectivity index (χ3v) is 2.69. The first-order valence-electron chi connectivity index (χ1n) is 5.87. The van der Waals surface area contributed by atoms with Crippen LogP contribution in [-0.4, -0.2) is 13.2 Å². The van der Waals surface area contributed by atoms with E-state index in [-0.39, 0.29) is 5.75 Å². The number of nitrogens with one attached hydrogen (secondary N) is 1. The van der Waals surface area contributed by atoms with E-state index in [1.807, 2.05) is 6.07 Å². The van der Waals surface area contributed by atoms with E-state index >= 15 is 0 Å². The zero-order valence-corrected chi connectivity index (χ0v) is 10.2. The number of hydrogen-bond acceptors (Lipinski definition) is 2. The van der Waals surface area contributed by atoms with Crippen LogP contribution in [0.2, 0.25) is 0 Å². The number of ether oxygens (including phenoxy) is 1. The standard InChI is InChI=1S/C13H19F2NO/c1-3-10(2)8-16-9-11-6-4-5-7-12(11)17-13(14)15/h4-7,10,13,16H,3,8-9H2,1-2H3. The molecule has 0 radical (unpaired) electrons. The minimum absolute atomic E-state index is 0.249. The molecule has 1 aromatic rings. The van der Waals surface area contributed by atoms with Crippen molar-refractivity contribution in [3.05, 3.63) is 29.8 Å². The number of halogens is 2. The molecule has 0 amide bonds. The minimum atomic E-state index is -2.77. The molecule has 1 aromatic carbocycles. The normalized spacial score (nSPS) is 12.8. The molecule has 2 nitrogen and oxygen atoms in total. The van der Waals surface area contributed by atoms with Crippen molar-refractivity contribution in [3.63, 3.8) is 0 Å². The number of rotatable bonds is 7. The lowest BCUT2D eigenvalue weighted by atomic mass is 10.1. The predicted octanol–water partition coefficient (Wildman–Crippen LogP) is 3.42. The molecule has 0 heterocycles. The molecular formula is C13H19F2NO. The first kappa shape index (κ1) is 13.9. The van der Waals surface area contributed by atoms with Crippen LogP contribution >= 0.6 is 0 Å². The average molecular weight is 243 g/mol. The third kappa shape index (κ3) is 5.13. The van der Waals surface area contributed by atoms with Crippen molar-refractivity contribution in [2.24, 2.45) is 5.92 Å². The number of alkyl halides is 2. The Bertz CT molecular complexity index is 331. The van der Waals surface area contributed by atoms with E-state index in [1.165, 1.54) is 0 Å². The largest absolute Gasteiger partial charge is 0.434 e. The Morgan fingerprint density at radius 1 is 1.29 bits per heavy atom. The summed E-state index contributed by atoms with van der Waals surface area (Å²) in [7, 11) is 0. The van der Waals surface area contributed by atoms with Crippen LogP contribution in [0.25, 0.3) is 0 Å². The van der Waals surface area contributed by atoms with Crippen molar-refractivity contribution < 1.29 is 13.5 Å². The van der Waals surface area contributed by atoms with Crippen molar-refractivity contribution in [2.45, 2.75) is 33.4 Å². The minimum Gasteiger partial charge on any atom is -0.434 e. The van der Waals surface area contributed by atoms with E-state index in [9.17, 15) is 8.78 Å². The van der Waals surface area contributed by atoms with Gasteiger partial charge in [-0.05, 0) is 18.5 Å². The van der Waals surface area contributed by atoms with Crippen LogP contribution in [0.1, 0.15) is 25.8 Å². The predicted molar refractivity (Wildman–Crippen MR) is 64.2 cm³/mol. The Hall–Kier alpha value is -1.16. The zero-order valence-electron chi connectivity index (χ0n) is 10.2. The SMILES string of the molecule is CCC(C)CNCc1ccccc1OC(F)F. The number of benzene rings is 1. The molecule has 0 fully saturated rings. The van der Waals surface area contributed by atoms with E-state index in [0.717, 1.165) is 18.5 Å². The molecule has 0 aliphatic carbocycles. The molecular weight excluding hydrogens is 224 g/mol. The van der Waals surface area contributed by atoms with Crippen LogP contribution in [-0.2, 0) is 6.54 Å². The first-order valence-corrected chi connectivity index (χ1v) is 5.87. The lowest BCUT2D eigenvalue weighted by Gasteiger charge is -2.13. The van der Waals surface area contributed by atoms with E-state index in [0.29, 0.717) is 12.5 Å². The van der Waals surface area contributed by atoms with Crippen molar-refractivity contribution in [1.82, 2.24) is 5.32 Å². The monoisotopic (exact) mass is 243 g/mol. The average Bonchev–Trinajstić information content (AvgIpc) is 2.30. The summed E-state index contributed by atoms with van der Waals surface area (Å²) < 4.78 is 28.8. The lowest BCUT2D eigenvalue weighted by Crippen LogP contribution is -2.20. The molecule has 0 aliphatic rings. The van der Waals surface area contributed by atoms with Crippen LogP contribution in [0.3, 0.4) is 0 Å². The summed E-state index contributed by atoms with van der Waals surface area (Å²) in [5.41, 5.74) is 0.760. The van der Waals surface area contributed by atoms with Gasteiger partial charge in [0.1, 0.15) is 5.75 Å². The van der Waals surface area contributed by atoms with E-state index in [4.69, 9.17) is 0 Å². The molecule has 0 spiro atoms. The van der Waals surface area contributed by atoms with Gasteiger partial charge in [0.2, 0.25) is 0 Å².